The third-order valence-corrected chi connectivity index (χ3v) is 2.29. The average Bonchev–Trinajstić information content (AvgIpc) is 2.40. The van der Waals surface area contributed by atoms with Crippen LogP contribution < -0.4 is 0 Å². The second kappa shape index (κ2) is 3.79. The predicted molar refractivity (Wildman–Crippen MR) is 48.7 cm³/mol. The van der Waals surface area contributed by atoms with Crippen LogP contribution in [0.2, 0.25) is 0 Å². The highest BCUT2D eigenvalue weighted by atomic mass is 35.5. The van der Waals surface area contributed by atoms with Crippen LogP contribution in [0.4, 0.5) is 0 Å². The van der Waals surface area contributed by atoms with Crippen molar-refractivity contribution in [2.45, 2.75) is 6.92 Å². The molecule has 0 fully saturated rings. The molecule has 10 heavy (non-hydrogen) atoms. The molecule has 0 N–H and O–H groups in total. The second-order valence-electron chi connectivity index (χ2n) is 2.18. The van der Waals surface area contributed by atoms with Crippen LogP contribution in [0.1, 0.15) is 12.5 Å². The van der Waals surface area contributed by atoms with Gasteiger partial charge in [-0.2, -0.15) is 11.3 Å². The monoisotopic (exact) mass is 172 g/mol. The Morgan fingerprint density at radius 2 is 2.60 bits per heavy atom. The molecule has 0 bridgehead atoms. The van der Waals surface area contributed by atoms with Gasteiger partial charge in [-0.1, -0.05) is 11.6 Å². The Morgan fingerprint density at radius 3 is 3.10 bits per heavy atom. The average molecular weight is 173 g/mol. The highest BCUT2D eigenvalue weighted by molar-refractivity contribution is 7.08. The van der Waals surface area contributed by atoms with Crippen LogP contribution in [0.3, 0.4) is 0 Å². The standard InChI is InChI=1S/C8H9ClS/c1-7(5-9)4-8-2-3-10-6-8/h2-4,6H,5H2,1H3. The molecule has 0 saturated carbocycles. The molecule has 0 radical (unpaired) electrons. The maximum atomic E-state index is 5.60. The Labute approximate surface area is 70.1 Å². The first-order valence-electron chi connectivity index (χ1n) is 3.08. The summed E-state index contributed by atoms with van der Waals surface area (Å²) in [6, 6.07) is 2.08. The van der Waals surface area contributed by atoms with Crippen molar-refractivity contribution in [3.63, 3.8) is 0 Å². The van der Waals surface area contributed by atoms with Gasteiger partial charge in [0.2, 0.25) is 0 Å². The van der Waals surface area contributed by atoms with Crippen molar-refractivity contribution < 1.29 is 0 Å². The van der Waals surface area contributed by atoms with E-state index in [9.17, 15) is 0 Å². The lowest BCUT2D eigenvalue weighted by atomic mass is 10.2. The van der Waals surface area contributed by atoms with E-state index in [4.69, 9.17) is 11.6 Å². The van der Waals surface area contributed by atoms with E-state index in [1.54, 1.807) is 11.3 Å². The molecule has 0 aliphatic carbocycles. The third kappa shape index (κ3) is 2.16. The van der Waals surface area contributed by atoms with Gasteiger partial charge < -0.3 is 0 Å². The molecule has 54 valence electrons. The molecule has 1 heterocycles. The number of halogens is 1. The zero-order valence-electron chi connectivity index (χ0n) is 5.80. The quantitative estimate of drug-likeness (QED) is 0.600. The van der Waals surface area contributed by atoms with E-state index in [0.717, 1.165) is 0 Å². The number of hydrogen-bond acceptors (Lipinski definition) is 1. The van der Waals surface area contributed by atoms with Gasteiger partial charge in [-0.25, -0.2) is 0 Å². The lowest BCUT2D eigenvalue weighted by Gasteiger charge is -1.89. The van der Waals surface area contributed by atoms with Crippen molar-refractivity contribution in [3.8, 4) is 0 Å². The molecule has 0 amide bonds. The fourth-order valence-corrected chi connectivity index (χ4v) is 1.38. The first kappa shape index (κ1) is 7.83. The molecule has 1 aromatic heterocycles. The Kier molecular flexibility index (Phi) is 2.97. The van der Waals surface area contributed by atoms with Crippen molar-refractivity contribution in [1.82, 2.24) is 0 Å². The Hall–Kier alpha value is -0.270. The Morgan fingerprint density at radius 1 is 1.80 bits per heavy atom. The number of allylic oxidation sites excluding steroid dienone is 1. The molecule has 0 saturated heterocycles. The van der Waals surface area contributed by atoms with Crippen molar-refractivity contribution >= 4 is 29.0 Å². The lowest BCUT2D eigenvalue weighted by Crippen LogP contribution is -1.74. The van der Waals surface area contributed by atoms with E-state index in [0.29, 0.717) is 5.88 Å². The van der Waals surface area contributed by atoms with Crippen LogP contribution in [-0.2, 0) is 0 Å². The predicted octanol–water partition coefficient (Wildman–Crippen LogP) is 3.39. The van der Waals surface area contributed by atoms with Gasteiger partial charge in [0.25, 0.3) is 0 Å². The summed E-state index contributed by atoms with van der Waals surface area (Å²) in [6.07, 6.45) is 2.10. The van der Waals surface area contributed by atoms with Gasteiger partial charge in [-0.3, -0.25) is 0 Å². The molecule has 0 unspecified atom stereocenters. The summed E-state index contributed by atoms with van der Waals surface area (Å²) in [5.74, 6) is 0.621. The summed E-state index contributed by atoms with van der Waals surface area (Å²) in [6.45, 7) is 2.03. The molecule has 0 spiro atoms. The van der Waals surface area contributed by atoms with Crippen LogP contribution >= 0.6 is 22.9 Å². The Bertz CT molecular complexity index is 211. The number of alkyl halides is 1. The van der Waals surface area contributed by atoms with E-state index in [2.05, 4.69) is 22.9 Å². The maximum Gasteiger partial charge on any atom is 0.0434 e. The topological polar surface area (TPSA) is 0 Å². The van der Waals surface area contributed by atoms with Gasteiger partial charge in [0, 0.05) is 5.88 Å². The van der Waals surface area contributed by atoms with Crippen molar-refractivity contribution in [2.75, 3.05) is 5.88 Å². The van der Waals surface area contributed by atoms with Crippen LogP contribution in [-0.4, -0.2) is 5.88 Å². The molecule has 1 rings (SSSR count). The van der Waals surface area contributed by atoms with Gasteiger partial charge in [0.1, 0.15) is 0 Å². The summed E-state index contributed by atoms with van der Waals surface area (Å²) >= 11 is 7.31. The van der Waals surface area contributed by atoms with Gasteiger partial charge >= 0.3 is 0 Å². The first-order chi connectivity index (χ1) is 4.83. The van der Waals surface area contributed by atoms with Gasteiger partial charge in [0.05, 0.1) is 0 Å². The maximum absolute atomic E-state index is 5.60. The first-order valence-corrected chi connectivity index (χ1v) is 4.56. The van der Waals surface area contributed by atoms with E-state index in [-0.39, 0.29) is 0 Å². The van der Waals surface area contributed by atoms with Gasteiger partial charge in [0.15, 0.2) is 0 Å². The molecule has 1 aromatic rings. The minimum Gasteiger partial charge on any atom is -0.152 e. The lowest BCUT2D eigenvalue weighted by molar-refractivity contribution is 1.43. The number of hydrogen-bond donors (Lipinski definition) is 0. The summed E-state index contributed by atoms with van der Waals surface area (Å²) in [7, 11) is 0. The molecule has 0 nitrogen and oxygen atoms in total. The fourth-order valence-electron chi connectivity index (χ4n) is 0.680. The van der Waals surface area contributed by atoms with Crippen LogP contribution in [0.5, 0.6) is 0 Å². The summed E-state index contributed by atoms with van der Waals surface area (Å²) in [5, 5.41) is 4.17. The van der Waals surface area contributed by atoms with Crippen LogP contribution in [0, 0.1) is 0 Å². The second-order valence-corrected chi connectivity index (χ2v) is 3.23. The zero-order chi connectivity index (χ0) is 7.40. The molecule has 0 aliphatic heterocycles. The zero-order valence-corrected chi connectivity index (χ0v) is 7.38. The molecule has 0 atom stereocenters. The smallest absolute Gasteiger partial charge is 0.0434 e. The molecule has 0 aliphatic rings. The summed E-state index contributed by atoms with van der Waals surface area (Å²) in [5.41, 5.74) is 2.46. The molecule has 2 heteroatoms. The summed E-state index contributed by atoms with van der Waals surface area (Å²) in [4.78, 5) is 0. The molecule has 0 aromatic carbocycles. The largest absolute Gasteiger partial charge is 0.152 e. The number of rotatable bonds is 2. The van der Waals surface area contributed by atoms with Crippen LogP contribution in [0.25, 0.3) is 6.08 Å². The number of thiophene rings is 1. The molecular formula is C8H9ClS. The Balaban J connectivity index is 2.71. The summed E-state index contributed by atoms with van der Waals surface area (Å²) < 4.78 is 0. The molecular weight excluding hydrogens is 164 g/mol. The normalized spacial score (nSPS) is 12.0. The van der Waals surface area contributed by atoms with E-state index >= 15 is 0 Å². The van der Waals surface area contributed by atoms with Gasteiger partial charge in [-0.05, 0) is 29.3 Å². The SMILES string of the molecule is CC(=Cc1ccsc1)CCl. The van der Waals surface area contributed by atoms with Crippen molar-refractivity contribution in [3.05, 3.63) is 28.0 Å². The third-order valence-electron chi connectivity index (χ3n) is 1.17. The minimum atomic E-state index is 0.621. The highest BCUT2D eigenvalue weighted by Gasteiger charge is 1.88. The van der Waals surface area contributed by atoms with E-state index < -0.39 is 0 Å². The van der Waals surface area contributed by atoms with Crippen LogP contribution in [0.15, 0.2) is 22.4 Å². The van der Waals surface area contributed by atoms with E-state index in [1.807, 2.05) is 6.92 Å². The van der Waals surface area contributed by atoms with Crippen molar-refractivity contribution in [2.24, 2.45) is 0 Å². The fraction of sp³-hybridized carbons (Fsp3) is 0.250. The van der Waals surface area contributed by atoms with Crippen molar-refractivity contribution in [1.29, 1.82) is 0 Å². The van der Waals surface area contributed by atoms with E-state index in [1.165, 1.54) is 11.1 Å². The minimum absolute atomic E-state index is 0.621. The van der Waals surface area contributed by atoms with Gasteiger partial charge in [-0.15, -0.1) is 11.6 Å². The highest BCUT2D eigenvalue weighted by Crippen LogP contribution is 2.10.